The van der Waals surface area contributed by atoms with E-state index in [2.05, 4.69) is 9.80 Å². The summed E-state index contributed by atoms with van der Waals surface area (Å²) in [6.07, 6.45) is 3.00. The highest BCUT2D eigenvalue weighted by Gasteiger charge is 2.25. The summed E-state index contributed by atoms with van der Waals surface area (Å²) in [7, 11) is 1.67. The lowest BCUT2D eigenvalue weighted by Crippen LogP contribution is -2.43. The van der Waals surface area contributed by atoms with Crippen LogP contribution in [-0.2, 0) is 17.8 Å². The third-order valence-electron chi connectivity index (χ3n) is 6.07. The number of rotatable bonds is 5. The van der Waals surface area contributed by atoms with Crippen LogP contribution in [0.4, 0.5) is 10.1 Å². The summed E-state index contributed by atoms with van der Waals surface area (Å²) in [6, 6.07) is 12.7. The maximum Gasteiger partial charge on any atom is 0.241 e. The monoisotopic (exact) mass is 411 g/mol. The molecule has 1 fully saturated rings. The quantitative estimate of drug-likeness (QED) is 0.756. The van der Waals surface area contributed by atoms with E-state index in [9.17, 15) is 9.18 Å². The number of carbonyl (C=O) groups is 1. The van der Waals surface area contributed by atoms with Gasteiger partial charge in [-0.1, -0.05) is 12.1 Å². The second-order valence-electron chi connectivity index (χ2n) is 8.18. The largest absolute Gasteiger partial charge is 0.497 e. The summed E-state index contributed by atoms with van der Waals surface area (Å²) in [5, 5.41) is 0. The summed E-state index contributed by atoms with van der Waals surface area (Å²) in [6.45, 7) is 5.76. The Bertz CT molecular complexity index is 871. The van der Waals surface area contributed by atoms with Crippen molar-refractivity contribution in [1.82, 2.24) is 9.80 Å². The first kappa shape index (κ1) is 20.8. The van der Waals surface area contributed by atoms with Crippen molar-refractivity contribution in [3.63, 3.8) is 0 Å². The lowest BCUT2D eigenvalue weighted by Gasteiger charge is -2.31. The van der Waals surface area contributed by atoms with Crippen molar-refractivity contribution in [1.29, 1.82) is 0 Å². The van der Waals surface area contributed by atoms with Gasteiger partial charge in [0, 0.05) is 31.9 Å². The van der Waals surface area contributed by atoms with Gasteiger partial charge in [0.15, 0.2) is 0 Å². The van der Waals surface area contributed by atoms with Crippen LogP contribution in [0, 0.1) is 5.82 Å². The van der Waals surface area contributed by atoms with Gasteiger partial charge < -0.3 is 9.64 Å². The molecule has 5 nitrogen and oxygen atoms in total. The average Bonchev–Trinajstić information content (AvgIpc) is 2.99. The second-order valence-corrected chi connectivity index (χ2v) is 8.18. The lowest BCUT2D eigenvalue weighted by atomic mass is 10.0. The third-order valence-corrected chi connectivity index (χ3v) is 6.07. The maximum atomic E-state index is 13.1. The summed E-state index contributed by atoms with van der Waals surface area (Å²) in [5.41, 5.74) is 3.34. The topological polar surface area (TPSA) is 36.0 Å². The summed E-state index contributed by atoms with van der Waals surface area (Å²) >= 11 is 0. The van der Waals surface area contributed by atoms with Crippen LogP contribution in [0.15, 0.2) is 42.5 Å². The summed E-state index contributed by atoms with van der Waals surface area (Å²) in [4.78, 5) is 19.7. The van der Waals surface area contributed by atoms with E-state index >= 15 is 0 Å². The Morgan fingerprint density at radius 3 is 2.53 bits per heavy atom. The van der Waals surface area contributed by atoms with Crippen LogP contribution in [0.1, 0.15) is 24.0 Å². The molecule has 0 bridgehead atoms. The molecule has 0 unspecified atom stereocenters. The fraction of sp³-hybridized carbons (Fsp3) is 0.458. The third kappa shape index (κ3) is 4.99. The second kappa shape index (κ2) is 9.58. The molecule has 30 heavy (non-hydrogen) atoms. The lowest BCUT2D eigenvalue weighted by molar-refractivity contribution is -0.119. The molecule has 6 heteroatoms. The first-order valence-electron chi connectivity index (χ1n) is 10.8. The number of benzene rings is 2. The number of nitrogens with zero attached hydrogens (tertiary/aromatic N) is 3. The van der Waals surface area contributed by atoms with Crippen molar-refractivity contribution in [3.8, 4) is 5.75 Å². The fourth-order valence-corrected chi connectivity index (χ4v) is 4.42. The fourth-order valence-electron chi connectivity index (χ4n) is 4.42. The summed E-state index contributed by atoms with van der Waals surface area (Å²) in [5.74, 6) is 0.821. The highest BCUT2D eigenvalue weighted by Crippen LogP contribution is 2.30. The van der Waals surface area contributed by atoms with Crippen molar-refractivity contribution in [2.45, 2.75) is 25.8 Å². The molecule has 0 saturated carbocycles. The van der Waals surface area contributed by atoms with E-state index in [1.165, 1.54) is 17.7 Å². The molecule has 0 radical (unpaired) electrons. The molecule has 4 rings (SSSR count). The minimum absolute atomic E-state index is 0.174. The van der Waals surface area contributed by atoms with Crippen LogP contribution in [0.5, 0.6) is 5.75 Å². The van der Waals surface area contributed by atoms with E-state index in [1.54, 1.807) is 7.11 Å². The maximum absolute atomic E-state index is 13.1. The molecular formula is C24H30FN3O2. The van der Waals surface area contributed by atoms with Gasteiger partial charge in [-0.15, -0.1) is 0 Å². The number of halogens is 1. The van der Waals surface area contributed by atoms with Crippen LogP contribution in [-0.4, -0.2) is 62.1 Å². The number of fused-ring (bicyclic) bond motifs is 1. The van der Waals surface area contributed by atoms with Crippen LogP contribution < -0.4 is 9.64 Å². The zero-order valence-electron chi connectivity index (χ0n) is 17.6. The Balaban J connectivity index is 1.34. The van der Waals surface area contributed by atoms with E-state index in [1.807, 2.05) is 35.2 Å². The molecule has 0 atom stereocenters. The Kier molecular flexibility index (Phi) is 6.65. The van der Waals surface area contributed by atoms with Crippen molar-refractivity contribution >= 4 is 11.6 Å². The number of anilines is 1. The molecular weight excluding hydrogens is 381 g/mol. The predicted molar refractivity (Wildman–Crippen MR) is 116 cm³/mol. The van der Waals surface area contributed by atoms with Gasteiger partial charge in [-0.05, 0) is 73.8 Å². The van der Waals surface area contributed by atoms with Gasteiger partial charge in [0.05, 0.1) is 13.7 Å². The zero-order valence-corrected chi connectivity index (χ0v) is 17.6. The van der Waals surface area contributed by atoms with Crippen molar-refractivity contribution in [3.05, 3.63) is 59.4 Å². The van der Waals surface area contributed by atoms with Crippen molar-refractivity contribution in [2.75, 3.05) is 51.3 Å². The van der Waals surface area contributed by atoms with Crippen LogP contribution in [0.25, 0.3) is 0 Å². The van der Waals surface area contributed by atoms with Gasteiger partial charge in [0.25, 0.3) is 0 Å². The molecule has 2 aromatic rings. The molecule has 0 spiro atoms. The Hall–Kier alpha value is -2.44. The Morgan fingerprint density at radius 2 is 1.73 bits per heavy atom. The average molecular weight is 412 g/mol. The molecule has 1 saturated heterocycles. The molecule has 2 heterocycles. The number of ether oxygens (including phenoxy) is 1. The van der Waals surface area contributed by atoms with Crippen LogP contribution in [0.3, 0.4) is 0 Å². The number of hydrogen-bond donors (Lipinski definition) is 0. The molecule has 0 aliphatic carbocycles. The van der Waals surface area contributed by atoms with Crippen molar-refractivity contribution < 1.29 is 13.9 Å². The van der Waals surface area contributed by atoms with Gasteiger partial charge in [-0.3, -0.25) is 14.6 Å². The Labute approximate surface area is 178 Å². The van der Waals surface area contributed by atoms with E-state index in [0.29, 0.717) is 6.54 Å². The molecule has 2 aliphatic rings. The molecule has 0 N–H and O–H groups in total. The van der Waals surface area contributed by atoms with Gasteiger partial charge in [0.2, 0.25) is 5.91 Å². The number of aryl methyl sites for hydroxylation is 1. The molecule has 1 amide bonds. The molecule has 2 aromatic carbocycles. The Morgan fingerprint density at radius 1 is 0.967 bits per heavy atom. The highest BCUT2D eigenvalue weighted by atomic mass is 19.1. The molecule has 160 valence electrons. The molecule has 2 aliphatic heterocycles. The SMILES string of the molecule is COc1ccc2c(c1)CCCN2C(=O)CN1CCCN(Cc2ccc(F)cc2)CC1. The number of carbonyl (C=O) groups excluding carboxylic acids is 1. The standard InChI is InChI=1S/C24H30FN3O2/c1-30-22-9-10-23-20(16-22)4-2-13-28(23)24(29)18-27-12-3-11-26(14-15-27)17-19-5-7-21(25)8-6-19/h5-10,16H,2-4,11-15,17-18H2,1H3. The van der Waals surface area contributed by atoms with E-state index in [-0.39, 0.29) is 11.7 Å². The number of methoxy groups -OCH3 is 1. The van der Waals surface area contributed by atoms with E-state index < -0.39 is 0 Å². The predicted octanol–water partition coefficient (Wildman–Crippen LogP) is 3.32. The van der Waals surface area contributed by atoms with Gasteiger partial charge in [0.1, 0.15) is 11.6 Å². The number of hydrogen-bond acceptors (Lipinski definition) is 4. The van der Waals surface area contributed by atoms with Gasteiger partial charge in [-0.25, -0.2) is 4.39 Å². The normalized spacial score (nSPS) is 18.0. The van der Waals surface area contributed by atoms with Gasteiger partial charge >= 0.3 is 0 Å². The highest BCUT2D eigenvalue weighted by molar-refractivity contribution is 5.96. The smallest absolute Gasteiger partial charge is 0.241 e. The van der Waals surface area contributed by atoms with Crippen LogP contribution in [0.2, 0.25) is 0 Å². The van der Waals surface area contributed by atoms with E-state index in [4.69, 9.17) is 4.74 Å². The van der Waals surface area contributed by atoms with Crippen molar-refractivity contribution in [2.24, 2.45) is 0 Å². The zero-order chi connectivity index (χ0) is 20.9. The van der Waals surface area contributed by atoms with Crippen LogP contribution >= 0.6 is 0 Å². The van der Waals surface area contributed by atoms with E-state index in [0.717, 1.165) is 75.5 Å². The van der Waals surface area contributed by atoms with Gasteiger partial charge in [-0.2, -0.15) is 0 Å². The number of amides is 1. The first-order chi connectivity index (χ1) is 14.6. The first-order valence-corrected chi connectivity index (χ1v) is 10.8. The minimum atomic E-state index is -0.197. The minimum Gasteiger partial charge on any atom is -0.497 e. The molecule has 0 aromatic heterocycles. The summed E-state index contributed by atoms with van der Waals surface area (Å²) < 4.78 is 18.5.